The first-order valence-corrected chi connectivity index (χ1v) is 3.99. The average molecular weight is 171 g/mol. The first-order valence-electron chi connectivity index (χ1n) is 3.99. The molecule has 1 atom stereocenters. The van der Waals surface area contributed by atoms with E-state index in [1.54, 1.807) is 0 Å². The van der Waals surface area contributed by atoms with E-state index in [1.807, 2.05) is 0 Å². The summed E-state index contributed by atoms with van der Waals surface area (Å²) in [5.41, 5.74) is 4.87. The van der Waals surface area contributed by atoms with E-state index < -0.39 is 5.91 Å². The zero-order valence-electron chi connectivity index (χ0n) is 6.80. The fourth-order valence-electron chi connectivity index (χ4n) is 1.21. The second kappa shape index (κ2) is 4.06. The van der Waals surface area contributed by atoms with Crippen molar-refractivity contribution in [2.24, 2.45) is 5.73 Å². The van der Waals surface area contributed by atoms with Crippen LogP contribution in [0.15, 0.2) is 0 Å². The summed E-state index contributed by atoms with van der Waals surface area (Å²) in [6.45, 7) is 0.797. The Morgan fingerprint density at radius 2 is 2.33 bits per heavy atom. The quantitative estimate of drug-likeness (QED) is 0.475. The summed E-state index contributed by atoms with van der Waals surface area (Å²) in [4.78, 5) is 21.5. The molecule has 0 aromatic rings. The number of nitrogens with two attached hydrogens (primary N) is 1. The molecule has 0 spiro atoms. The molecule has 0 unspecified atom stereocenters. The molecule has 1 saturated heterocycles. The van der Waals surface area contributed by atoms with Gasteiger partial charge in [-0.1, -0.05) is 0 Å². The predicted molar refractivity (Wildman–Crippen MR) is 43.2 cm³/mol. The highest BCUT2D eigenvalue weighted by Crippen LogP contribution is 2.03. The smallest absolute Gasteiger partial charge is 0.237 e. The van der Waals surface area contributed by atoms with Crippen LogP contribution in [-0.2, 0) is 9.59 Å². The second-order valence-corrected chi connectivity index (χ2v) is 2.83. The van der Waals surface area contributed by atoms with E-state index in [1.165, 1.54) is 0 Å². The van der Waals surface area contributed by atoms with Crippen LogP contribution in [0.25, 0.3) is 0 Å². The number of rotatable bonds is 3. The highest BCUT2D eigenvalue weighted by Gasteiger charge is 2.21. The van der Waals surface area contributed by atoms with Crippen LogP contribution in [0.1, 0.15) is 12.8 Å². The first-order chi connectivity index (χ1) is 5.70. The van der Waals surface area contributed by atoms with Crippen LogP contribution < -0.4 is 16.4 Å². The molecule has 0 radical (unpaired) electrons. The van der Waals surface area contributed by atoms with Gasteiger partial charge in [-0.3, -0.25) is 9.59 Å². The van der Waals surface area contributed by atoms with E-state index >= 15 is 0 Å². The fourth-order valence-corrected chi connectivity index (χ4v) is 1.21. The molecular weight excluding hydrogens is 158 g/mol. The van der Waals surface area contributed by atoms with E-state index in [-0.39, 0.29) is 18.5 Å². The van der Waals surface area contributed by atoms with Gasteiger partial charge < -0.3 is 16.4 Å². The maximum Gasteiger partial charge on any atom is 0.237 e. The summed E-state index contributed by atoms with van der Waals surface area (Å²) in [6, 6.07) is -0.135. The van der Waals surface area contributed by atoms with Crippen molar-refractivity contribution < 1.29 is 9.59 Å². The molecule has 5 nitrogen and oxygen atoms in total. The lowest BCUT2D eigenvalue weighted by Gasteiger charge is -2.08. The highest BCUT2D eigenvalue weighted by molar-refractivity contribution is 5.86. The molecule has 1 rings (SSSR count). The molecule has 1 aliphatic rings. The molecule has 0 saturated carbocycles. The van der Waals surface area contributed by atoms with Crippen molar-refractivity contribution in [3.05, 3.63) is 0 Å². The lowest BCUT2D eigenvalue weighted by Crippen LogP contribution is -2.43. The van der Waals surface area contributed by atoms with Gasteiger partial charge >= 0.3 is 0 Å². The van der Waals surface area contributed by atoms with Crippen molar-refractivity contribution in [2.45, 2.75) is 18.9 Å². The third kappa shape index (κ3) is 2.50. The van der Waals surface area contributed by atoms with E-state index in [4.69, 9.17) is 5.73 Å². The van der Waals surface area contributed by atoms with Crippen molar-refractivity contribution in [3.63, 3.8) is 0 Å². The van der Waals surface area contributed by atoms with Gasteiger partial charge in [0.25, 0.3) is 0 Å². The number of carbonyl (C=O) groups excluding carboxylic acids is 2. The number of amides is 2. The Morgan fingerprint density at radius 1 is 1.58 bits per heavy atom. The summed E-state index contributed by atoms with van der Waals surface area (Å²) >= 11 is 0. The second-order valence-electron chi connectivity index (χ2n) is 2.83. The van der Waals surface area contributed by atoms with Crippen molar-refractivity contribution in [2.75, 3.05) is 13.1 Å². The summed E-state index contributed by atoms with van der Waals surface area (Å²) in [5, 5.41) is 5.46. The standard InChI is InChI=1S/C7H13N3O2/c8-6(11)4-10-7(12)5-2-1-3-9-5/h5,9H,1-4H2,(H2,8,11)(H,10,12)/t5-/m1/s1. The molecule has 0 aliphatic carbocycles. The van der Waals surface area contributed by atoms with Crippen LogP contribution in [0.5, 0.6) is 0 Å². The Hall–Kier alpha value is -1.10. The Bertz CT molecular complexity index is 187. The number of carbonyl (C=O) groups is 2. The van der Waals surface area contributed by atoms with Gasteiger partial charge in [-0.15, -0.1) is 0 Å². The van der Waals surface area contributed by atoms with Crippen LogP contribution in [0.3, 0.4) is 0 Å². The average Bonchev–Trinajstić information content (AvgIpc) is 2.51. The monoisotopic (exact) mass is 171 g/mol. The minimum Gasteiger partial charge on any atom is -0.368 e. The molecule has 1 fully saturated rings. The van der Waals surface area contributed by atoms with Gasteiger partial charge in [0.1, 0.15) is 0 Å². The third-order valence-electron chi connectivity index (χ3n) is 1.81. The number of hydrogen-bond donors (Lipinski definition) is 3. The molecule has 5 heteroatoms. The molecule has 1 heterocycles. The highest BCUT2D eigenvalue weighted by atomic mass is 16.2. The summed E-state index contributed by atoms with van der Waals surface area (Å²) in [7, 11) is 0. The Kier molecular flexibility index (Phi) is 3.04. The number of nitrogens with one attached hydrogen (secondary N) is 2. The van der Waals surface area contributed by atoms with Crippen LogP contribution in [0.2, 0.25) is 0 Å². The van der Waals surface area contributed by atoms with Crippen LogP contribution >= 0.6 is 0 Å². The van der Waals surface area contributed by atoms with Gasteiger partial charge in [0.15, 0.2) is 0 Å². The summed E-state index contributed by atoms with van der Waals surface area (Å²) in [5.74, 6) is -0.646. The molecule has 1 aliphatic heterocycles. The van der Waals surface area contributed by atoms with Gasteiger partial charge in [-0.05, 0) is 19.4 Å². The van der Waals surface area contributed by atoms with E-state index in [0.717, 1.165) is 19.4 Å². The van der Waals surface area contributed by atoms with Gasteiger partial charge in [-0.25, -0.2) is 0 Å². The normalized spacial score (nSPS) is 22.2. The van der Waals surface area contributed by atoms with Gasteiger partial charge in [0.2, 0.25) is 11.8 Å². The minimum absolute atomic E-state index is 0.0724. The molecule has 0 aromatic carbocycles. The van der Waals surface area contributed by atoms with E-state index in [9.17, 15) is 9.59 Å². The molecule has 4 N–H and O–H groups in total. The molecular formula is C7H13N3O2. The van der Waals surface area contributed by atoms with E-state index in [2.05, 4.69) is 10.6 Å². The third-order valence-corrected chi connectivity index (χ3v) is 1.81. The molecule has 0 aromatic heterocycles. The molecule has 0 bridgehead atoms. The number of hydrogen-bond acceptors (Lipinski definition) is 3. The lowest BCUT2D eigenvalue weighted by atomic mass is 10.2. The Balaban J connectivity index is 2.23. The molecule has 2 amide bonds. The van der Waals surface area contributed by atoms with Crippen LogP contribution in [0, 0.1) is 0 Å². The van der Waals surface area contributed by atoms with Crippen molar-refractivity contribution in [1.82, 2.24) is 10.6 Å². The van der Waals surface area contributed by atoms with Crippen molar-refractivity contribution in [1.29, 1.82) is 0 Å². The maximum absolute atomic E-state index is 11.2. The summed E-state index contributed by atoms with van der Waals surface area (Å²) in [6.07, 6.45) is 1.85. The summed E-state index contributed by atoms with van der Waals surface area (Å²) < 4.78 is 0. The predicted octanol–water partition coefficient (Wildman–Crippen LogP) is -1.66. The Labute approximate surface area is 70.7 Å². The topological polar surface area (TPSA) is 84.2 Å². The largest absolute Gasteiger partial charge is 0.368 e. The zero-order chi connectivity index (χ0) is 8.97. The van der Waals surface area contributed by atoms with Gasteiger partial charge in [-0.2, -0.15) is 0 Å². The Morgan fingerprint density at radius 3 is 2.83 bits per heavy atom. The number of primary amides is 1. The van der Waals surface area contributed by atoms with E-state index in [0.29, 0.717) is 0 Å². The van der Waals surface area contributed by atoms with Gasteiger partial charge in [0.05, 0.1) is 12.6 Å². The van der Waals surface area contributed by atoms with Gasteiger partial charge in [0, 0.05) is 0 Å². The fraction of sp³-hybridized carbons (Fsp3) is 0.714. The van der Waals surface area contributed by atoms with Crippen LogP contribution in [0.4, 0.5) is 0 Å². The zero-order valence-corrected chi connectivity index (χ0v) is 6.80. The molecule has 12 heavy (non-hydrogen) atoms. The SMILES string of the molecule is NC(=O)CNC(=O)[C@H]1CCCN1. The lowest BCUT2D eigenvalue weighted by molar-refractivity contribution is -0.126. The maximum atomic E-state index is 11.2. The van der Waals surface area contributed by atoms with Crippen molar-refractivity contribution >= 4 is 11.8 Å². The van der Waals surface area contributed by atoms with Crippen LogP contribution in [-0.4, -0.2) is 30.9 Å². The van der Waals surface area contributed by atoms with Crippen molar-refractivity contribution in [3.8, 4) is 0 Å². The minimum atomic E-state index is -0.513. The molecule has 68 valence electrons. The first kappa shape index (κ1) is 8.99.